The fourth-order valence-corrected chi connectivity index (χ4v) is 3.22. The van der Waals surface area contributed by atoms with Crippen LogP contribution >= 0.6 is 11.8 Å². The first kappa shape index (κ1) is 15.9. The van der Waals surface area contributed by atoms with E-state index < -0.39 is 0 Å². The van der Waals surface area contributed by atoms with Crippen molar-refractivity contribution in [3.63, 3.8) is 0 Å². The molecule has 4 heteroatoms. The third-order valence-electron chi connectivity index (χ3n) is 3.42. The van der Waals surface area contributed by atoms with Gasteiger partial charge < -0.3 is 10.4 Å². The molecule has 2 N–H and O–H groups in total. The van der Waals surface area contributed by atoms with Gasteiger partial charge in [-0.05, 0) is 55.3 Å². The summed E-state index contributed by atoms with van der Waals surface area (Å²) < 4.78 is 13.2. The Morgan fingerprint density at radius 3 is 2.57 bits per heavy atom. The highest BCUT2D eigenvalue weighted by atomic mass is 32.2. The van der Waals surface area contributed by atoms with E-state index in [2.05, 4.69) is 12.2 Å². The molecule has 1 atom stereocenters. The predicted molar refractivity (Wildman–Crippen MR) is 85.6 cm³/mol. The number of aromatic hydroxyl groups is 1. The van der Waals surface area contributed by atoms with Crippen LogP contribution in [-0.2, 0) is 0 Å². The van der Waals surface area contributed by atoms with Crippen molar-refractivity contribution in [2.45, 2.75) is 29.1 Å². The van der Waals surface area contributed by atoms with Gasteiger partial charge in [0.15, 0.2) is 0 Å². The lowest BCUT2D eigenvalue weighted by atomic mass is 9.95. The zero-order valence-corrected chi connectivity index (χ0v) is 13.1. The van der Waals surface area contributed by atoms with Gasteiger partial charge in [-0.15, -0.1) is 0 Å². The van der Waals surface area contributed by atoms with E-state index in [0.717, 1.165) is 28.3 Å². The molecule has 0 amide bonds. The van der Waals surface area contributed by atoms with Gasteiger partial charge in [0, 0.05) is 16.3 Å². The molecule has 0 saturated carbocycles. The van der Waals surface area contributed by atoms with Gasteiger partial charge in [0.25, 0.3) is 0 Å². The SMILES string of the molecule is CC[C@H](CNC)c1ccc(Sc2cccc(F)c2)cc1O. The average Bonchev–Trinajstić information content (AvgIpc) is 2.45. The number of nitrogens with one attached hydrogen (secondary N) is 1. The second-order valence-electron chi connectivity index (χ2n) is 4.94. The van der Waals surface area contributed by atoms with Crippen molar-refractivity contribution in [1.29, 1.82) is 0 Å². The summed E-state index contributed by atoms with van der Waals surface area (Å²) >= 11 is 1.44. The molecule has 112 valence electrons. The molecule has 0 bridgehead atoms. The van der Waals surface area contributed by atoms with E-state index in [-0.39, 0.29) is 5.82 Å². The van der Waals surface area contributed by atoms with E-state index in [1.54, 1.807) is 12.1 Å². The van der Waals surface area contributed by atoms with Crippen LogP contribution in [0.25, 0.3) is 0 Å². The Hall–Kier alpha value is -1.52. The van der Waals surface area contributed by atoms with E-state index >= 15 is 0 Å². The Morgan fingerprint density at radius 1 is 1.19 bits per heavy atom. The summed E-state index contributed by atoms with van der Waals surface area (Å²) in [6, 6.07) is 12.1. The smallest absolute Gasteiger partial charge is 0.124 e. The number of phenolic OH excluding ortho intramolecular Hbond substituents is 1. The maximum Gasteiger partial charge on any atom is 0.124 e. The van der Waals surface area contributed by atoms with E-state index in [1.807, 2.05) is 25.2 Å². The van der Waals surface area contributed by atoms with Crippen LogP contribution in [0.15, 0.2) is 52.3 Å². The first-order valence-corrected chi connectivity index (χ1v) is 7.86. The number of rotatable bonds is 6. The molecular weight excluding hydrogens is 285 g/mol. The lowest BCUT2D eigenvalue weighted by Crippen LogP contribution is -2.16. The first-order valence-electron chi connectivity index (χ1n) is 7.05. The molecule has 0 aliphatic heterocycles. The van der Waals surface area contributed by atoms with Crippen molar-refractivity contribution in [2.75, 3.05) is 13.6 Å². The molecule has 0 aromatic heterocycles. The molecule has 0 unspecified atom stereocenters. The number of likely N-dealkylation sites (N-methyl/N-ethyl adjacent to an activating group) is 1. The molecule has 21 heavy (non-hydrogen) atoms. The molecule has 2 rings (SSSR count). The molecule has 2 nitrogen and oxygen atoms in total. The second kappa shape index (κ2) is 7.48. The summed E-state index contributed by atoms with van der Waals surface area (Å²) in [6.07, 6.45) is 0.963. The highest BCUT2D eigenvalue weighted by Gasteiger charge is 2.13. The van der Waals surface area contributed by atoms with Gasteiger partial charge in [0.2, 0.25) is 0 Å². The van der Waals surface area contributed by atoms with Crippen molar-refractivity contribution in [3.8, 4) is 5.75 Å². The normalized spacial score (nSPS) is 12.3. The van der Waals surface area contributed by atoms with Gasteiger partial charge in [-0.2, -0.15) is 0 Å². The zero-order chi connectivity index (χ0) is 15.2. The highest BCUT2D eigenvalue weighted by Crippen LogP contribution is 2.35. The molecule has 0 heterocycles. The Kier molecular flexibility index (Phi) is 5.65. The summed E-state index contributed by atoms with van der Waals surface area (Å²) in [5.74, 6) is 0.350. The van der Waals surface area contributed by atoms with Crippen LogP contribution in [0, 0.1) is 5.82 Å². The summed E-state index contributed by atoms with van der Waals surface area (Å²) in [6.45, 7) is 2.94. The zero-order valence-electron chi connectivity index (χ0n) is 12.3. The molecule has 0 fully saturated rings. The Bertz CT molecular complexity index is 603. The largest absolute Gasteiger partial charge is 0.508 e. The molecule has 0 spiro atoms. The minimum atomic E-state index is -0.249. The van der Waals surface area contributed by atoms with Crippen LogP contribution in [0.5, 0.6) is 5.75 Å². The van der Waals surface area contributed by atoms with E-state index in [0.29, 0.717) is 11.7 Å². The number of benzene rings is 2. The van der Waals surface area contributed by atoms with Crippen molar-refractivity contribution < 1.29 is 9.50 Å². The van der Waals surface area contributed by atoms with Crippen LogP contribution in [0.4, 0.5) is 4.39 Å². The van der Waals surface area contributed by atoms with Crippen LogP contribution in [0.3, 0.4) is 0 Å². The van der Waals surface area contributed by atoms with Crippen molar-refractivity contribution in [1.82, 2.24) is 5.32 Å². The minimum absolute atomic E-state index is 0.249. The van der Waals surface area contributed by atoms with Crippen molar-refractivity contribution in [2.24, 2.45) is 0 Å². The number of hydrogen-bond donors (Lipinski definition) is 2. The van der Waals surface area contributed by atoms with Gasteiger partial charge in [0.1, 0.15) is 11.6 Å². The maximum absolute atomic E-state index is 13.2. The standard InChI is InChI=1S/C17H20FNOS/c1-3-12(11-19-2)16-8-7-15(10-17(16)20)21-14-6-4-5-13(18)9-14/h4-10,12,19-20H,3,11H2,1-2H3/t12-/m1/s1. The van der Waals surface area contributed by atoms with Crippen LogP contribution in [-0.4, -0.2) is 18.7 Å². The number of halogens is 1. The minimum Gasteiger partial charge on any atom is -0.508 e. The molecular formula is C17H20FNOS. The third kappa shape index (κ3) is 4.22. The molecule has 0 saturated heterocycles. The third-order valence-corrected chi connectivity index (χ3v) is 4.40. The van der Waals surface area contributed by atoms with Crippen LogP contribution in [0.2, 0.25) is 0 Å². The molecule has 2 aromatic rings. The lowest BCUT2D eigenvalue weighted by Gasteiger charge is -2.17. The van der Waals surface area contributed by atoms with E-state index in [1.165, 1.54) is 23.9 Å². The summed E-state index contributed by atoms with van der Waals surface area (Å²) in [5, 5.41) is 13.4. The average molecular weight is 305 g/mol. The molecule has 0 radical (unpaired) electrons. The van der Waals surface area contributed by atoms with Gasteiger partial charge in [-0.3, -0.25) is 0 Å². The van der Waals surface area contributed by atoms with E-state index in [4.69, 9.17) is 0 Å². The van der Waals surface area contributed by atoms with Gasteiger partial charge in [0.05, 0.1) is 0 Å². The van der Waals surface area contributed by atoms with Crippen molar-refractivity contribution in [3.05, 3.63) is 53.8 Å². The summed E-state index contributed by atoms with van der Waals surface area (Å²) in [5.41, 5.74) is 0.954. The van der Waals surface area contributed by atoms with Crippen LogP contribution in [0.1, 0.15) is 24.8 Å². The molecule has 0 aliphatic carbocycles. The van der Waals surface area contributed by atoms with Gasteiger partial charge in [-0.25, -0.2) is 4.39 Å². The van der Waals surface area contributed by atoms with E-state index in [9.17, 15) is 9.50 Å². The molecule has 2 aromatic carbocycles. The fourth-order valence-electron chi connectivity index (χ4n) is 2.32. The number of phenols is 1. The highest BCUT2D eigenvalue weighted by molar-refractivity contribution is 7.99. The Balaban J connectivity index is 2.18. The summed E-state index contributed by atoms with van der Waals surface area (Å²) in [4.78, 5) is 1.73. The predicted octanol–water partition coefficient (Wildman–Crippen LogP) is 4.40. The monoisotopic (exact) mass is 305 g/mol. The topological polar surface area (TPSA) is 32.3 Å². The maximum atomic E-state index is 13.2. The first-order chi connectivity index (χ1) is 10.1. The quantitative estimate of drug-likeness (QED) is 0.830. The van der Waals surface area contributed by atoms with Crippen molar-refractivity contribution >= 4 is 11.8 Å². The fraction of sp³-hybridized carbons (Fsp3) is 0.294. The summed E-state index contributed by atoms with van der Waals surface area (Å²) in [7, 11) is 1.91. The van der Waals surface area contributed by atoms with Crippen LogP contribution < -0.4 is 5.32 Å². The van der Waals surface area contributed by atoms with Gasteiger partial charge in [-0.1, -0.05) is 30.8 Å². The Morgan fingerprint density at radius 2 is 1.95 bits per heavy atom. The Labute approximate surface area is 129 Å². The molecule has 0 aliphatic rings. The number of hydrogen-bond acceptors (Lipinski definition) is 3. The second-order valence-corrected chi connectivity index (χ2v) is 6.09. The van der Waals surface area contributed by atoms with Gasteiger partial charge >= 0.3 is 0 Å². The lowest BCUT2D eigenvalue weighted by molar-refractivity contribution is 0.455.